The summed E-state index contributed by atoms with van der Waals surface area (Å²) in [5.41, 5.74) is 9.83. The Morgan fingerprint density at radius 2 is 1.61 bits per heavy atom. The number of carbonyl (C=O) groups excluding carboxylic acids is 6. The highest BCUT2D eigenvalue weighted by molar-refractivity contribution is 5.97. The van der Waals surface area contributed by atoms with E-state index < -0.39 is 58.9 Å². The van der Waals surface area contributed by atoms with Crippen LogP contribution in [0.4, 0.5) is 0 Å². The Balaban J connectivity index is 1.17. The zero-order chi connectivity index (χ0) is 49.5. The number of hydrogen-bond acceptors (Lipinski definition) is 10. The largest absolute Gasteiger partial charge is 0.493 e. The Kier molecular flexibility index (Phi) is 17.5. The van der Waals surface area contributed by atoms with E-state index in [0.29, 0.717) is 56.0 Å². The topological polar surface area (TPSA) is 248 Å². The lowest BCUT2D eigenvalue weighted by molar-refractivity contribution is -0.142. The molecule has 2 bridgehead atoms. The van der Waals surface area contributed by atoms with E-state index in [1.54, 1.807) is 29.2 Å². The molecule has 8 N–H and O–H groups in total. The van der Waals surface area contributed by atoms with Gasteiger partial charge in [0.1, 0.15) is 17.8 Å². The number of nitrogens with one attached hydrogen (secondary N) is 5. The first-order chi connectivity index (χ1) is 33.9. The van der Waals surface area contributed by atoms with E-state index in [1.165, 1.54) is 0 Å². The lowest BCUT2D eigenvalue weighted by Gasteiger charge is -2.42. The highest BCUT2D eigenvalue weighted by Gasteiger charge is 2.44. The van der Waals surface area contributed by atoms with Gasteiger partial charge in [0.25, 0.3) is 0 Å². The van der Waals surface area contributed by atoms with Crippen LogP contribution in [0.5, 0.6) is 5.75 Å². The molecule has 6 amide bonds. The molecule has 0 aromatic heterocycles. The van der Waals surface area contributed by atoms with E-state index in [9.17, 15) is 38.7 Å². The standard InChI is InChI=1S/C53H61N7O10/c54-21-25-69-26-23-56-50(66)43-19-22-55-46(61)17-18-48(63)60-24-6-20-53(34-60,31-36-7-2-1-3-8-36)52(68)59-44(51(67)57-32-40-10-5-4-9-38(40)29-47(62)58-43)27-35-11-13-37(14-12-35)39-15-16-42-41(30-49(64)65)33-70-45(42)28-39/h1-5,7-18,28,41,43-44H,6,19-27,29-34,54H2,(H,55,61)(H,56,66)(H,57,67)(H,58,62)(H,59,68)(H,64,65)/b18-17+/t41-,43-,44-,53-/m0/s1. The normalized spacial score (nSPS) is 21.8. The number of aliphatic carboxylic acids is 1. The first-order valence-corrected chi connectivity index (χ1v) is 23.8. The van der Waals surface area contributed by atoms with E-state index in [1.807, 2.05) is 72.8 Å². The smallest absolute Gasteiger partial charge is 0.304 e. The fraction of sp³-hybridized carbons (Fsp3) is 0.377. The summed E-state index contributed by atoms with van der Waals surface area (Å²) in [6.45, 7) is 1.72. The van der Waals surface area contributed by atoms with Gasteiger partial charge in [-0.1, -0.05) is 91.0 Å². The second-order valence-corrected chi connectivity index (χ2v) is 18.0. The van der Waals surface area contributed by atoms with Gasteiger partial charge in [0.2, 0.25) is 35.4 Å². The number of benzene rings is 4. The van der Waals surface area contributed by atoms with Gasteiger partial charge >= 0.3 is 5.97 Å². The third-order valence-electron chi connectivity index (χ3n) is 12.9. The van der Waals surface area contributed by atoms with Crippen LogP contribution in [-0.2, 0) is 64.1 Å². The highest BCUT2D eigenvalue weighted by Crippen LogP contribution is 2.39. The average Bonchev–Trinajstić information content (AvgIpc) is 3.75. The van der Waals surface area contributed by atoms with Gasteiger partial charge in [-0.15, -0.1) is 0 Å². The number of rotatable bonds is 13. The summed E-state index contributed by atoms with van der Waals surface area (Å²) >= 11 is 0. The fourth-order valence-corrected chi connectivity index (χ4v) is 9.24. The first-order valence-electron chi connectivity index (χ1n) is 23.8. The second kappa shape index (κ2) is 24.3. The molecule has 0 radical (unpaired) electrons. The maximum Gasteiger partial charge on any atom is 0.304 e. The molecule has 0 saturated carbocycles. The zero-order valence-electron chi connectivity index (χ0n) is 39.1. The van der Waals surface area contributed by atoms with Crippen molar-refractivity contribution >= 4 is 41.4 Å². The van der Waals surface area contributed by atoms with Gasteiger partial charge in [-0.2, -0.15) is 0 Å². The Labute approximate surface area is 406 Å². The molecule has 17 nitrogen and oxygen atoms in total. The number of nitrogens with two attached hydrogens (primary N) is 1. The Hall–Kier alpha value is -7.37. The molecular weight excluding hydrogens is 895 g/mol. The number of amides is 6. The maximum absolute atomic E-state index is 15.0. The van der Waals surface area contributed by atoms with Crippen LogP contribution >= 0.6 is 0 Å². The van der Waals surface area contributed by atoms with Crippen LogP contribution < -0.4 is 37.1 Å². The molecule has 1 saturated heterocycles. The molecule has 3 heterocycles. The summed E-state index contributed by atoms with van der Waals surface area (Å²) in [6.07, 6.45) is 3.47. The SMILES string of the molecule is NCCOCCNC(=O)[C@@H]1CCNC(=O)/C=C/C(=O)N2CCC[C@](Cc3ccccc3)(C2)C(=O)N[C@@H](Cc2ccc(-c3ccc4c(c3)OC[C@@H]4CC(=O)O)cc2)C(=O)NCc2ccccc2CC(=O)N1. The van der Waals surface area contributed by atoms with Crippen molar-refractivity contribution in [2.75, 3.05) is 52.5 Å². The number of carboxylic acid groups (broad SMARTS) is 1. The van der Waals surface area contributed by atoms with Gasteiger partial charge in [0, 0.05) is 69.3 Å². The molecular formula is C53H61N7O10. The predicted molar refractivity (Wildman–Crippen MR) is 260 cm³/mol. The molecule has 4 atom stereocenters. The van der Waals surface area contributed by atoms with Crippen LogP contribution in [0.15, 0.2) is 109 Å². The van der Waals surface area contributed by atoms with Gasteiger partial charge in [-0.05, 0) is 65.1 Å². The summed E-state index contributed by atoms with van der Waals surface area (Å²) < 4.78 is 11.2. The molecule has 17 heteroatoms. The minimum Gasteiger partial charge on any atom is -0.493 e. The summed E-state index contributed by atoms with van der Waals surface area (Å²) in [4.78, 5) is 96.2. The molecule has 1 fully saturated rings. The number of carbonyl (C=O) groups is 7. The lowest BCUT2D eigenvalue weighted by Crippen LogP contribution is -2.58. The minimum absolute atomic E-state index is 0.000605. The Bertz CT molecular complexity index is 2550. The third kappa shape index (κ3) is 13.7. The van der Waals surface area contributed by atoms with Crippen molar-refractivity contribution in [3.05, 3.63) is 137 Å². The van der Waals surface area contributed by atoms with Gasteiger partial charge < -0.3 is 51.8 Å². The van der Waals surface area contributed by atoms with Crippen molar-refractivity contribution in [2.24, 2.45) is 11.1 Å². The van der Waals surface area contributed by atoms with E-state index in [4.69, 9.17) is 15.2 Å². The van der Waals surface area contributed by atoms with Crippen LogP contribution in [0.1, 0.15) is 59.4 Å². The Morgan fingerprint density at radius 3 is 2.39 bits per heavy atom. The van der Waals surface area contributed by atoms with E-state index in [-0.39, 0.29) is 70.8 Å². The van der Waals surface area contributed by atoms with Crippen molar-refractivity contribution in [3.8, 4) is 16.9 Å². The number of carboxylic acids is 1. The van der Waals surface area contributed by atoms with Gasteiger partial charge in [0.15, 0.2) is 0 Å². The fourth-order valence-electron chi connectivity index (χ4n) is 9.24. The van der Waals surface area contributed by atoms with Crippen molar-refractivity contribution in [3.63, 3.8) is 0 Å². The van der Waals surface area contributed by atoms with Crippen LogP contribution in [0.25, 0.3) is 11.1 Å². The summed E-state index contributed by atoms with van der Waals surface area (Å²) in [7, 11) is 0. The molecule has 4 aromatic rings. The third-order valence-corrected chi connectivity index (χ3v) is 12.9. The van der Waals surface area contributed by atoms with Crippen LogP contribution in [-0.4, -0.2) is 116 Å². The van der Waals surface area contributed by atoms with Crippen LogP contribution in [0, 0.1) is 5.41 Å². The van der Waals surface area contributed by atoms with Crippen molar-refractivity contribution < 1.29 is 48.1 Å². The molecule has 4 aromatic carbocycles. The summed E-state index contributed by atoms with van der Waals surface area (Å²) in [5.74, 6) is -3.32. The van der Waals surface area contributed by atoms with Crippen molar-refractivity contribution in [1.82, 2.24) is 31.5 Å². The van der Waals surface area contributed by atoms with Gasteiger partial charge in [-0.3, -0.25) is 33.6 Å². The molecule has 3 aliphatic rings. The number of hydrogen-bond donors (Lipinski definition) is 7. The van der Waals surface area contributed by atoms with Crippen LogP contribution in [0.3, 0.4) is 0 Å². The molecule has 3 aliphatic heterocycles. The van der Waals surface area contributed by atoms with E-state index in [2.05, 4.69) is 26.6 Å². The molecule has 7 rings (SSSR count). The summed E-state index contributed by atoms with van der Waals surface area (Å²) in [5, 5.41) is 23.7. The quantitative estimate of drug-likeness (QED) is 0.0961. The summed E-state index contributed by atoms with van der Waals surface area (Å²) in [6, 6.07) is 27.8. The molecule has 0 aliphatic carbocycles. The number of nitrogens with zero attached hydrogens (tertiary/aromatic N) is 1. The Morgan fingerprint density at radius 1 is 0.857 bits per heavy atom. The predicted octanol–water partition coefficient (Wildman–Crippen LogP) is 2.69. The van der Waals surface area contributed by atoms with Gasteiger partial charge in [0.05, 0.1) is 38.1 Å². The number of fused-ring (bicyclic) bond motifs is 4. The number of ether oxygens (including phenoxy) is 2. The number of piperidine rings is 1. The molecule has 70 heavy (non-hydrogen) atoms. The monoisotopic (exact) mass is 955 g/mol. The molecule has 0 unspecified atom stereocenters. The molecule has 0 spiro atoms. The lowest BCUT2D eigenvalue weighted by atomic mass is 9.74. The van der Waals surface area contributed by atoms with Gasteiger partial charge in [-0.25, -0.2) is 0 Å². The first kappa shape index (κ1) is 50.5. The van der Waals surface area contributed by atoms with E-state index >= 15 is 0 Å². The van der Waals surface area contributed by atoms with Crippen molar-refractivity contribution in [2.45, 2.75) is 69.5 Å². The van der Waals surface area contributed by atoms with Crippen molar-refractivity contribution in [1.29, 1.82) is 0 Å². The second-order valence-electron chi connectivity index (χ2n) is 18.0. The zero-order valence-corrected chi connectivity index (χ0v) is 39.1. The molecule has 368 valence electrons. The average molecular weight is 956 g/mol. The van der Waals surface area contributed by atoms with E-state index in [0.717, 1.165) is 40.0 Å². The highest BCUT2D eigenvalue weighted by atomic mass is 16.5. The maximum atomic E-state index is 15.0. The minimum atomic E-state index is -1.14. The van der Waals surface area contributed by atoms with Crippen LogP contribution in [0.2, 0.25) is 0 Å².